The number of allylic oxidation sites excluding steroid dienone is 3. The summed E-state index contributed by atoms with van der Waals surface area (Å²) in [5.74, 6) is 0.698. The molecule has 1 N–H and O–H groups in total. The summed E-state index contributed by atoms with van der Waals surface area (Å²) in [6.07, 6.45) is 4.68. The molecule has 98 valence electrons. The van der Waals surface area contributed by atoms with Gasteiger partial charge in [-0.1, -0.05) is 26.3 Å². The van der Waals surface area contributed by atoms with Crippen LogP contribution in [0.1, 0.15) is 33.6 Å². The van der Waals surface area contributed by atoms with Crippen LogP contribution >= 0.6 is 0 Å². The molecule has 0 spiro atoms. The van der Waals surface area contributed by atoms with Crippen LogP contribution in [0.3, 0.4) is 0 Å². The lowest BCUT2D eigenvalue weighted by molar-refractivity contribution is 0.267. The molecule has 0 radical (unpaired) electrons. The molecule has 0 unspecified atom stereocenters. The summed E-state index contributed by atoms with van der Waals surface area (Å²) < 4.78 is 30.3. The molecule has 0 saturated heterocycles. The van der Waals surface area contributed by atoms with Crippen LogP contribution < -0.4 is 4.72 Å². The van der Waals surface area contributed by atoms with E-state index in [1.807, 2.05) is 6.08 Å². The highest BCUT2D eigenvalue weighted by Crippen LogP contribution is 2.35. The van der Waals surface area contributed by atoms with Crippen molar-refractivity contribution in [2.75, 3.05) is 13.4 Å². The smallest absolute Gasteiger partial charge is 0.229 e. The molecule has 0 aromatic rings. The zero-order valence-corrected chi connectivity index (χ0v) is 11.9. The second kappa shape index (κ2) is 4.72. The minimum Gasteiger partial charge on any atom is -0.499 e. The molecule has 0 aliphatic heterocycles. The monoisotopic (exact) mass is 259 g/mol. The van der Waals surface area contributed by atoms with Gasteiger partial charge < -0.3 is 4.74 Å². The van der Waals surface area contributed by atoms with E-state index in [0.717, 1.165) is 19.1 Å². The van der Waals surface area contributed by atoms with E-state index >= 15 is 0 Å². The van der Waals surface area contributed by atoms with Crippen molar-refractivity contribution in [3.63, 3.8) is 0 Å². The molecule has 0 saturated carbocycles. The molecule has 0 aromatic carbocycles. The Kier molecular flexibility index (Phi) is 3.91. The van der Waals surface area contributed by atoms with E-state index in [1.54, 1.807) is 7.11 Å². The molecular formula is C12H21NO3S. The van der Waals surface area contributed by atoms with E-state index in [2.05, 4.69) is 25.5 Å². The molecule has 0 atom stereocenters. The minimum atomic E-state index is -3.27. The molecule has 4 nitrogen and oxygen atoms in total. The first kappa shape index (κ1) is 14.1. The van der Waals surface area contributed by atoms with Crippen molar-refractivity contribution >= 4 is 10.0 Å². The maximum absolute atomic E-state index is 11.3. The van der Waals surface area contributed by atoms with Crippen LogP contribution in [0.5, 0.6) is 0 Å². The lowest BCUT2D eigenvalue weighted by atomic mass is 9.81. The highest BCUT2D eigenvalue weighted by atomic mass is 32.2. The zero-order chi connectivity index (χ0) is 13.3. The topological polar surface area (TPSA) is 55.4 Å². The van der Waals surface area contributed by atoms with Crippen LogP contribution in [-0.4, -0.2) is 21.8 Å². The number of hydrogen-bond donors (Lipinski definition) is 1. The first-order valence-electron chi connectivity index (χ1n) is 5.59. The predicted molar refractivity (Wildman–Crippen MR) is 68.8 cm³/mol. The second-order valence-corrected chi connectivity index (χ2v) is 7.08. The molecule has 1 aliphatic rings. The molecule has 0 heterocycles. The normalized spacial score (nSPS) is 17.8. The van der Waals surface area contributed by atoms with Crippen molar-refractivity contribution in [1.82, 2.24) is 4.72 Å². The number of sulfonamides is 1. The molecule has 1 aliphatic carbocycles. The third kappa shape index (κ3) is 4.07. The molecule has 1 rings (SSSR count). The van der Waals surface area contributed by atoms with Crippen LogP contribution in [-0.2, 0) is 14.8 Å². The van der Waals surface area contributed by atoms with Gasteiger partial charge in [0.05, 0.1) is 19.1 Å². The summed E-state index contributed by atoms with van der Waals surface area (Å²) in [5.41, 5.74) is 1.83. The molecule has 5 heteroatoms. The maximum Gasteiger partial charge on any atom is 0.229 e. The van der Waals surface area contributed by atoms with Crippen LogP contribution in [0.25, 0.3) is 0 Å². The highest BCUT2D eigenvalue weighted by Gasteiger charge is 2.23. The number of rotatable bonds is 3. The first-order valence-corrected chi connectivity index (χ1v) is 7.48. The van der Waals surface area contributed by atoms with Gasteiger partial charge in [-0.15, -0.1) is 0 Å². The van der Waals surface area contributed by atoms with Crippen LogP contribution in [0.4, 0.5) is 0 Å². The van der Waals surface area contributed by atoms with E-state index in [4.69, 9.17) is 4.74 Å². The van der Waals surface area contributed by atoms with Crippen molar-refractivity contribution in [2.24, 2.45) is 5.41 Å². The van der Waals surface area contributed by atoms with Crippen molar-refractivity contribution in [2.45, 2.75) is 33.6 Å². The van der Waals surface area contributed by atoms with Gasteiger partial charge in [-0.2, -0.15) is 0 Å². The lowest BCUT2D eigenvalue weighted by Gasteiger charge is -2.28. The number of methoxy groups -OCH3 is 1. The van der Waals surface area contributed by atoms with Crippen molar-refractivity contribution in [3.05, 3.63) is 23.1 Å². The molecule has 0 bridgehead atoms. The average Bonchev–Trinajstić information content (AvgIpc) is 2.13. The van der Waals surface area contributed by atoms with Gasteiger partial charge in [-0.25, -0.2) is 8.42 Å². The van der Waals surface area contributed by atoms with Gasteiger partial charge in [-0.05, 0) is 17.9 Å². The largest absolute Gasteiger partial charge is 0.499 e. The van der Waals surface area contributed by atoms with E-state index in [9.17, 15) is 8.42 Å². The highest BCUT2D eigenvalue weighted by molar-refractivity contribution is 7.88. The van der Waals surface area contributed by atoms with Gasteiger partial charge in [0.25, 0.3) is 0 Å². The third-order valence-electron chi connectivity index (χ3n) is 2.75. The fourth-order valence-corrected chi connectivity index (χ4v) is 2.37. The van der Waals surface area contributed by atoms with E-state index in [-0.39, 0.29) is 5.41 Å². The number of hydrogen-bond acceptors (Lipinski definition) is 3. The fraction of sp³-hybridized carbons (Fsp3) is 0.667. The van der Waals surface area contributed by atoms with Crippen LogP contribution in [0, 0.1) is 5.41 Å². The molecule has 0 aromatic heterocycles. The van der Waals surface area contributed by atoms with Gasteiger partial charge in [0.15, 0.2) is 0 Å². The summed E-state index contributed by atoms with van der Waals surface area (Å²) in [7, 11) is -1.70. The van der Waals surface area contributed by atoms with Gasteiger partial charge in [-0.3, -0.25) is 4.72 Å². The van der Waals surface area contributed by atoms with Crippen molar-refractivity contribution in [3.8, 4) is 0 Å². The Labute approximate surface area is 104 Å². The van der Waals surface area contributed by atoms with Crippen molar-refractivity contribution < 1.29 is 13.2 Å². The SMILES string of the molecule is COC1=C(NS(C)(=O)=O)C=C(C(C)(C)C)CC1. The van der Waals surface area contributed by atoms with Gasteiger partial charge in [0, 0.05) is 6.42 Å². The average molecular weight is 259 g/mol. The molecule has 0 fully saturated rings. The van der Waals surface area contributed by atoms with Crippen molar-refractivity contribution in [1.29, 1.82) is 0 Å². The Bertz CT molecular complexity index is 453. The van der Waals surface area contributed by atoms with Crippen LogP contribution in [0.15, 0.2) is 23.1 Å². The zero-order valence-electron chi connectivity index (χ0n) is 11.1. The fourth-order valence-electron chi connectivity index (χ4n) is 1.80. The maximum atomic E-state index is 11.3. The molecule has 0 amide bonds. The second-order valence-electron chi connectivity index (χ2n) is 5.33. The van der Waals surface area contributed by atoms with Gasteiger partial charge in [0.1, 0.15) is 5.76 Å². The number of nitrogens with one attached hydrogen (secondary N) is 1. The molecular weight excluding hydrogens is 238 g/mol. The Hall–Kier alpha value is -0.970. The quantitative estimate of drug-likeness (QED) is 0.845. The Morgan fingerprint density at radius 1 is 1.29 bits per heavy atom. The Morgan fingerprint density at radius 3 is 2.29 bits per heavy atom. The summed E-state index contributed by atoms with van der Waals surface area (Å²) in [6.45, 7) is 6.36. The Morgan fingerprint density at radius 2 is 1.88 bits per heavy atom. The minimum absolute atomic E-state index is 0.0453. The summed E-state index contributed by atoms with van der Waals surface area (Å²) in [6, 6.07) is 0. The lowest BCUT2D eigenvalue weighted by Crippen LogP contribution is -2.25. The standard InChI is InChI=1S/C12H21NO3S/c1-12(2,3)9-6-7-11(16-4)10(8-9)13-17(5,14)15/h8,13H,6-7H2,1-5H3. The Balaban J connectivity index is 3.11. The van der Waals surface area contributed by atoms with Gasteiger partial charge >= 0.3 is 0 Å². The summed E-state index contributed by atoms with van der Waals surface area (Å²) in [4.78, 5) is 0. The van der Waals surface area contributed by atoms with E-state index in [0.29, 0.717) is 11.5 Å². The van der Waals surface area contributed by atoms with E-state index in [1.165, 1.54) is 5.57 Å². The number of ether oxygens (including phenoxy) is 1. The van der Waals surface area contributed by atoms with Gasteiger partial charge in [0.2, 0.25) is 10.0 Å². The summed E-state index contributed by atoms with van der Waals surface area (Å²) >= 11 is 0. The van der Waals surface area contributed by atoms with Crippen LogP contribution in [0.2, 0.25) is 0 Å². The molecule has 17 heavy (non-hydrogen) atoms. The third-order valence-corrected chi connectivity index (χ3v) is 3.34. The first-order chi connectivity index (χ1) is 7.63. The summed E-state index contributed by atoms with van der Waals surface area (Å²) in [5, 5.41) is 0. The predicted octanol–water partition coefficient (Wildman–Crippen LogP) is 2.16. The van der Waals surface area contributed by atoms with E-state index < -0.39 is 10.0 Å².